The zero-order valence-electron chi connectivity index (χ0n) is 12.3. The van der Waals surface area contributed by atoms with Crippen LogP contribution in [-0.2, 0) is 10.0 Å². The lowest BCUT2D eigenvalue weighted by Gasteiger charge is -2.07. The molecular weight excluding hydrogens is 302 g/mol. The molecule has 6 heteroatoms. The van der Waals surface area contributed by atoms with Gasteiger partial charge < -0.3 is 9.47 Å². The topological polar surface area (TPSA) is 78.6 Å². The van der Waals surface area contributed by atoms with Gasteiger partial charge in [0.2, 0.25) is 10.0 Å². The first-order valence-electron chi connectivity index (χ1n) is 6.47. The van der Waals surface area contributed by atoms with Crippen molar-refractivity contribution in [3.05, 3.63) is 53.6 Å². The van der Waals surface area contributed by atoms with E-state index in [2.05, 4.69) is 0 Å². The van der Waals surface area contributed by atoms with Crippen LogP contribution in [0.3, 0.4) is 0 Å². The van der Waals surface area contributed by atoms with Crippen LogP contribution in [0.15, 0.2) is 47.4 Å². The molecule has 0 saturated heterocycles. The van der Waals surface area contributed by atoms with Gasteiger partial charge in [-0.2, -0.15) is 0 Å². The predicted octanol–water partition coefficient (Wildman–Crippen LogP) is 2.52. The summed E-state index contributed by atoms with van der Waals surface area (Å²) in [5.41, 5.74) is 1.80. The molecule has 2 aromatic carbocycles. The van der Waals surface area contributed by atoms with Crippen molar-refractivity contribution in [1.29, 1.82) is 0 Å². The molecule has 2 aromatic rings. The number of benzene rings is 2. The summed E-state index contributed by atoms with van der Waals surface area (Å²) in [5, 5.41) is 5.06. The Bertz CT molecular complexity index is 780. The molecule has 116 valence electrons. The second kappa shape index (κ2) is 6.64. The molecule has 0 bridgehead atoms. The lowest BCUT2D eigenvalue weighted by Crippen LogP contribution is -2.11. The Morgan fingerprint density at radius 3 is 1.95 bits per heavy atom. The summed E-state index contributed by atoms with van der Waals surface area (Å²) in [7, 11) is -0.493. The number of sulfonamides is 1. The third-order valence-electron chi connectivity index (χ3n) is 3.08. The highest BCUT2D eigenvalue weighted by Gasteiger charge is 2.06. The van der Waals surface area contributed by atoms with Gasteiger partial charge in [-0.15, -0.1) is 0 Å². The van der Waals surface area contributed by atoms with Gasteiger partial charge in [0, 0.05) is 0 Å². The molecule has 0 fully saturated rings. The molecular formula is C16H17NO4S. The van der Waals surface area contributed by atoms with E-state index in [1.807, 2.05) is 30.4 Å². The Balaban J connectivity index is 2.21. The van der Waals surface area contributed by atoms with Crippen LogP contribution in [0.4, 0.5) is 0 Å². The van der Waals surface area contributed by atoms with E-state index in [0.717, 1.165) is 11.1 Å². The fraction of sp³-hybridized carbons (Fsp3) is 0.125. The second-order valence-electron chi connectivity index (χ2n) is 4.56. The van der Waals surface area contributed by atoms with E-state index >= 15 is 0 Å². The Labute approximate surface area is 130 Å². The van der Waals surface area contributed by atoms with Crippen molar-refractivity contribution < 1.29 is 17.9 Å². The molecule has 0 atom stereocenters. The van der Waals surface area contributed by atoms with Gasteiger partial charge in [0.15, 0.2) is 11.5 Å². The van der Waals surface area contributed by atoms with E-state index in [-0.39, 0.29) is 4.90 Å². The molecule has 2 N–H and O–H groups in total. The van der Waals surface area contributed by atoms with Gasteiger partial charge in [-0.05, 0) is 35.4 Å². The van der Waals surface area contributed by atoms with Crippen LogP contribution in [0, 0.1) is 0 Å². The summed E-state index contributed by atoms with van der Waals surface area (Å²) in [5.74, 6) is 1.31. The van der Waals surface area contributed by atoms with Crippen LogP contribution in [0.2, 0.25) is 0 Å². The van der Waals surface area contributed by atoms with E-state index in [1.54, 1.807) is 26.4 Å². The van der Waals surface area contributed by atoms with Crippen molar-refractivity contribution in [1.82, 2.24) is 0 Å². The minimum absolute atomic E-state index is 0.0933. The van der Waals surface area contributed by atoms with Crippen LogP contribution in [0.5, 0.6) is 11.5 Å². The summed E-state index contributed by atoms with van der Waals surface area (Å²) in [6.45, 7) is 0. The van der Waals surface area contributed by atoms with Crippen LogP contribution in [-0.4, -0.2) is 22.6 Å². The molecule has 0 saturated carbocycles. The van der Waals surface area contributed by atoms with Crippen molar-refractivity contribution in [3.8, 4) is 11.5 Å². The largest absolute Gasteiger partial charge is 0.493 e. The summed E-state index contributed by atoms with van der Waals surface area (Å²) >= 11 is 0. The summed E-state index contributed by atoms with van der Waals surface area (Å²) in [6.07, 6.45) is 3.77. The van der Waals surface area contributed by atoms with Gasteiger partial charge in [-0.25, -0.2) is 13.6 Å². The minimum Gasteiger partial charge on any atom is -0.493 e. The molecule has 0 aliphatic heterocycles. The lowest BCUT2D eigenvalue weighted by molar-refractivity contribution is 0.355. The fourth-order valence-electron chi connectivity index (χ4n) is 1.92. The Hall–Kier alpha value is -2.31. The first-order valence-corrected chi connectivity index (χ1v) is 8.01. The standard InChI is InChI=1S/C16H17NO4S/c1-20-15-10-7-13(11-16(15)21-2)4-3-12-5-8-14(9-6-12)22(17,18)19/h3-11H,1-2H3,(H2,17,18,19). The number of rotatable bonds is 5. The van der Waals surface area contributed by atoms with E-state index in [0.29, 0.717) is 11.5 Å². The zero-order valence-corrected chi connectivity index (χ0v) is 13.1. The van der Waals surface area contributed by atoms with Crippen molar-refractivity contribution in [2.75, 3.05) is 14.2 Å². The summed E-state index contributed by atoms with van der Waals surface area (Å²) in [4.78, 5) is 0.0933. The first kappa shape index (κ1) is 16.1. The van der Waals surface area contributed by atoms with Crippen molar-refractivity contribution in [2.45, 2.75) is 4.90 Å². The highest BCUT2D eigenvalue weighted by Crippen LogP contribution is 2.28. The van der Waals surface area contributed by atoms with Gasteiger partial charge in [0.25, 0.3) is 0 Å². The van der Waals surface area contributed by atoms with Crippen LogP contribution in [0.25, 0.3) is 12.2 Å². The van der Waals surface area contributed by atoms with Gasteiger partial charge in [-0.1, -0.05) is 30.4 Å². The van der Waals surface area contributed by atoms with Crippen molar-refractivity contribution >= 4 is 22.2 Å². The third-order valence-corrected chi connectivity index (χ3v) is 4.01. The average Bonchev–Trinajstić information content (AvgIpc) is 2.52. The molecule has 0 aromatic heterocycles. The number of hydrogen-bond donors (Lipinski definition) is 1. The van der Waals surface area contributed by atoms with Crippen LogP contribution in [0.1, 0.15) is 11.1 Å². The van der Waals surface area contributed by atoms with Gasteiger partial charge in [0.05, 0.1) is 19.1 Å². The van der Waals surface area contributed by atoms with Crippen molar-refractivity contribution in [3.63, 3.8) is 0 Å². The molecule has 0 spiro atoms. The lowest BCUT2D eigenvalue weighted by atomic mass is 10.1. The maximum absolute atomic E-state index is 11.2. The maximum atomic E-state index is 11.2. The van der Waals surface area contributed by atoms with Gasteiger partial charge in [0.1, 0.15) is 0 Å². The summed E-state index contributed by atoms with van der Waals surface area (Å²) < 4.78 is 32.8. The molecule has 5 nitrogen and oxygen atoms in total. The quantitative estimate of drug-likeness (QED) is 0.859. The highest BCUT2D eigenvalue weighted by atomic mass is 32.2. The Kier molecular flexibility index (Phi) is 4.85. The second-order valence-corrected chi connectivity index (χ2v) is 6.12. The molecule has 0 radical (unpaired) electrons. The molecule has 2 rings (SSSR count). The third kappa shape index (κ3) is 3.87. The summed E-state index contributed by atoms with van der Waals surface area (Å²) in [6, 6.07) is 11.9. The first-order chi connectivity index (χ1) is 10.4. The Morgan fingerprint density at radius 2 is 1.41 bits per heavy atom. The monoisotopic (exact) mass is 319 g/mol. The number of methoxy groups -OCH3 is 2. The number of ether oxygens (including phenoxy) is 2. The van der Waals surface area contributed by atoms with E-state index in [9.17, 15) is 8.42 Å². The Morgan fingerprint density at radius 1 is 0.864 bits per heavy atom. The average molecular weight is 319 g/mol. The molecule has 0 unspecified atom stereocenters. The maximum Gasteiger partial charge on any atom is 0.238 e. The SMILES string of the molecule is COc1ccc(C=Cc2ccc(S(N)(=O)=O)cc2)cc1OC. The molecule has 0 aliphatic carbocycles. The fourth-order valence-corrected chi connectivity index (χ4v) is 2.43. The van der Waals surface area contributed by atoms with Crippen LogP contribution < -0.4 is 14.6 Å². The normalized spacial score (nSPS) is 11.6. The smallest absolute Gasteiger partial charge is 0.238 e. The molecule has 0 heterocycles. The van der Waals surface area contributed by atoms with Crippen LogP contribution >= 0.6 is 0 Å². The van der Waals surface area contributed by atoms with E-state index in [4.69, 9.17) is 14.6 Å². The molecule has 0 aliphatic rings. The highest BCUT2D eigenvalue weighted by molar-refractivity contribution is 7.89. The molecule has 22 heavy (non-hydrogen) atoms. The number of primary sulfonamides is 1. The van der Waals surface area contributed by atoms with Gasteiger partial charge >= 0.3 is 0 Å². The number of nitrogens with two attached hydrogens (primary N) is 1. The van der Waals surface area contributed by atoms with E-state index in [1.165, 1.54) is 12.1 Å². The van der Waals surface area contributed by atoms with Gasteiger partial charge in [-0.3, -0.25) is 0 Å². The zero-order chi connectivity index (χ0) is 16.2. The molecule has 0 amide bonds. The number of hydrogen-bond acceptors (Lipinski definition) is 4. The van der Waals surface area contributed by atoms with E-state index < -0.39 is 10.0 Å². The predicted molar refractivity (Wildman–Crippen MR) is 86.3 cm³/mol. The minimum atomic E-state index is -3.66. The van der Waals surface area contributed by atoms with Crippen molar-refractivity contribution in [2.24, 2.45) is 5.14 Å².